The van der Waals surface area contributed by atoms with Crippen LogP contribution in [0.1, 0.15) is 60.3 Å². The number of ether oxygens (including phenoxy) is 1. The summed E-state index contributed by atoms with van der Waals surface area (Å²) >= 11 is 0. The molecule has 13 heteroatoms. The maximum atomic E-state index is 14.1. The van der Waals surface area contributed by atoms with Gasteiger partial charge in [0.2, 0.25) is 0 Å². The third-order valence-electron chi connectivity index (χ3n) is 8.84. The van der Waals surface area contributed by atoms with Crippen LogP contribution in [0, 0.1) is 6.92 Å². The van der Waals surface area contributed by atoms with Crippen molar-refractivity contribution in [1.29, 1.82) is 0 Å². The normalized spacial score (nSPS) is 20.2. The number of carbonyl (C=O) groups is 1. The highest BCUT2D eigenvalue weighted by molar-refractivity contribution is 7.92. The van der Waals surface area contributed by atoms with Crippen LogP contribution in [0.3, 0.4) is 0 Å². The van der Waals surface area contributed by atoms with Crippen molar-refractivity contribution in [2.45, 2.75) is 74.2 Å². The Labute approximate surface area is 253 Å². The number of benzene rings is 2. The van der Waals surface area contributed by atoms with Gasteiger partial charge in [0.15, 0.2) is 15.6 Å². The highest BCUT2D eigenvalue weighted by Crippen LogP contribution is 2.40. The van der Waals surface area contributed by atoms with Gasteiger partial charge >= 0.3 is 12.6 Å². The molecule has 1 saturated heterocycles. The Hall–Kier alpha value is -4.13. The van der Waals surface area contributed by atoms with Crippen LogP contribution < -0.4 is 9.64 Å². The maximum absolute atomic E-state index is 14.1. The molecule has 1 fully saturated rings. The third-order valence-corrected chi connectivity index (χ3v) is 11.0. The number of anilines is 1. The van der Waals surface area contributed by atoms with Crippen LogP contribution >= 0.6 is 0 Å². The van der Waals surface area contributed by atoms with E-state index < -0.39 is 33.6 Å². The van der Waals surface area contributed by atoms with Gasteiger partial charge in [0.1, 0.15) is 21.7 Å². The number of aromatic nitrogens is 4. The highest BCUT2D eigenvalue weighted by Gasteiger charge is 2.40. The maximum Gasteiger partial charge on any atom is 0.387 e. The van der Waals surface area contributed by atoms with Crippen LogP contribution in [0.15, 0.2) is 53.6 Å². The van der Waals surface area contributed by atoms with Crippen molar-refractivity contribution in [1.82, 2.24) is 20.0 Å². The Morgan fingerprint density at radius 1 is 1.16 bits per heavy atom. The van der Waals surface area contributed by atoms with Crippen molar-refractivity contribution < 1.29 is 31.8 Å². The zero-order valence-electron chi connectivity index (χ0n) is 24.4. The summed E-state index contributed by atoms with van der Waals surface area (Å²) in [5.41, 5.74) is 3.25. The minimum Gasteiger partial charge on any atom is -0.481 e. The van der Waals surface area contributed by atoms with E-state index in [1.54, 1.807) is 37.5 Å². The summed E-state index contributed by atoms with van der Waals surface area (Å²) in [6.07, 6.45) is 4.88. The lowest BCUT2D eigenvalue weighted by Crippen LogP contribution is -2.41. The molecule has 6 rings (SSSR count). The second kappa shape index (κ2) is 11.8. The summed E-state index contributed by atoms with van der Waals surface area (Å²) in [6.45, 7) is -0.443. The van der Waals surface area contributed by atoms with Gasteiger partial charge in [-0.15, -0.1) is 5.10 Å². The number of rotatable bonds is 8. The monoisotopic (exact) mass is 625 g/mol. The van der Waals surface area contributed by atoms with Gasteiger partial charge in [0.25, 0.3) is 0 Å². The molecule has 0 radical (unpaired) electrons. The molecular weight excluding hydrogens is 592 g/mol. The van der Waals surface area contributed by atoms with Crippen molar-refractivity contribution in [2.75, 3.05) is 11.4 Å². The summed E-state index contributed by atoms with van der Waals surface area (Å²) in [7, 11) is -2.19. The Morgan fingerprint density at radius 3 is 2.75 bits per heavy atom. The number of carboxylic acids is 1. The molecule has 1 N–H and O–H groups in total. The van der Waals surface area contributed by atoms with Gasteiger partial charge in [-0.25, -0.2) is 18.1 Å². The number of nitrogens with zero attached hydrogens (tertiary/aromatic N) is 5. The SMILES string of the molecule is Cc1ccc([C@@H](CC(=O)O)c2cc(OC(F)F)c3c(c2)nnn3C)cc1CC1C[C@H]2CCCCN2c2ncccc2S1(=O)=O. The molecule has 0 bridgehead atoms. The molecule has 0 aliphatic carbocycles. The second-order valence-corrected chi connectivity index (χ2v) is 13.8. The highest BCUT2D eigenvalue weighted by atomic mass is 32.2. The number of alkyl halides is 2. The number of pyridine rings is 1. The number of halogens is 2. The zero-order chi connectivity index (χ0) is 31.2. The Balaban J connectivity index is 1.40. The standard InChI is InChI=1S/C31H33F2N5O5S/c1-18-8-9-19(24(17-28(39)40)21-14-25-29(37(2)36-35-25)26(15-21)43-31(32)33)12-20(18)13-23-16-22-6-3-4-11-38(22)30-27(44(23,41)42)7-5-10-34-30/h5,7-10,12,14-15,22-24,31H,3-4,6,11,13,16-17H2,1-2H3,(H,39,40)/t22-,23?,24-/m1/s1. The van der Waals surface area contributed by atoms with Crippen molar-refractivity contribution >= 4 is 32.7 Å². The van der Waals surface area contributed by atoms with Crippen molar-refractivity contribution in [3.63, 3.8) is 0 Å². The fraction of sp³-hybridized carbons (Fsp3) is 0.419. The zero-order valence-corrected chi connectivity index (χ0v) is 25.2. The Bertz CT molecular complexity index is 1830. The lowest BCUT2D eigenvalue weighted by Gasteiger charge is -2.36. The van der Waals surface area contributed by atoms with E-state index in [0.29, 0.717) is 23.4 Å². The predicted molar refractivity (Wildman–Crippen MR) is 159 cm³/mol. The molecule has 2 aliphatic heterocycles. The molecule has 2 aromatic heterocycles. The molecule has 232 valence electrons. The minimum atomic E-state index is -3.74. The smallest absolute Gasteiger partial charge is 0.387 e. The van der Waals surface area contributed by atoms with E-state index in [-0.39, 0.29) is 40.6 Å². The van der Waals surface area contributed by atoms with E-state index in [1.165, 1.54) is 10.7 Å². The molecule has 3 atom stereocenters. The number of aryl methyl sites for hydroxylation is 2. The average molecular weight is 626 g/mol. The molecule has 44 heavy (non-hydrogen) atoms. The molecule has 0 amide bonds. The largest absolute Gasteiger partial charge is 0.481 e. The number of carboxylic acid groups (broad SMARTS) is 1. The first kappa shape index (κ1) is 29.9. The van der Waals surface area contributed by atoms with Crippen LogP contribution in [0.2, 0.25) is 0 Å². The summed E-state index contributed by atoms with van der Waals surface area (Å²) in [5, 5.41) is 17.1. The summed E-state index contributed by atoms with van der Waals surface area (Å²) in [6, 6.07) is 11.9. The van der Waals surface area contributed by atoms with E-state index in [9.17, 15) is 27.1 Å². The molecule has 0 spiro atoms. The topological polar surface area (TPSA) is 128 Å². The molecule has 2 aliphatic rings. The van der Waals surface area contributed by atoms with Gasteiger partial charge in [-0.2, -0.15) is 8.78 Å². The van der Waals surface area contributed by atoms with Crippen molar-refractivity contribution in [3.05, 3.63) is 70.9 Å². The number of hydrogen-bond donors (Lipinski definition) is 1. The fourth-order valence-electron chi connectivity index (χ4n) is 6.69. The molecule has 2 aromatic carbocycles. The molecule has 4 heterocycles. The summed E-state index contributed by atoms with van der Waals surface area (Å²) in [5.74, 6) is -1.46. The average Bonchev–Trinajstić information content (AvgIpc) is 3.33. The molecular formula is C31H33F2N5O5S. The van der Waals surface area contributed by atoms with Crippen molar-refractivity contribution in [2.24, 2.45) is 7.05 Å². The molecule has 10 nitrogen and oxygen atoms in total. The van der Waals surface area contributed by atoms with Crippen LogP contribution in [0.5, 0.6) is 5.75 Å². The number of sulfone groups is 1. The first-order chi connectivity index (χ1) is 21.0. The van der Waals surface area contributed by atoms with Crippen LogP contribution in [0.4, 0.5) is 14.6 Å². The van der Waals surface area contributed by atoms with Gasteiger partial charge in [-0.3, -0.25) is 4.79 Å². The van der Waals surface area contributed by atoms with Crippen molar-refractivity contribution in [3.8, 4) is 5.75 Å². The van der Waals surface area contributed by atoms with Crippen LogP contribution in [-0.4, -0.2) is 63.9 Å². The van der Waals surface area contributed by atoms with Crippen LogP contribution in [-0.2, 0) is 28.1 Å². The first-order valence-electron chi connectivity index (χ1n) is 14.6. The predicted octanol–water partition coefficient (Wildman–Crippen LogP) is 5.03. The van der Waals surface area contributed by atoms with Gasteiger partial charge in [0.05, 0.1) is 11.7 Å². The third kappa shape index (κ3) is 5.60. The first-order valence-corrected chi connectivity index (χ1v) is 16.1. The molecule has 0 saturated carbocycles. The van der Waals surface area contributed by atoms with E-state index in [1.807, 2.05) is 19.1 Å². The molecule has 4 aromatic rings. The molecule has 1 unspecified atom stereocenters. The summed E-state index contributed by atoms with van der Waals surface area (Å²) < 4.78 is 61.0. The van der Waals surface area contributed by atoms with Gasteiger partial charge in [-0.1, -0.05) is 23.4 Å². The minimum absolute atomic E-state index is 0.0508. The number of aliphatic carboxylic acids is 1. The van der Waals surface area contributed by atoms with E-state index in [2.05, 4.69) is 20.2 Å². The lowest BCUT2D eigenvalue weighted by atomic mass is 9.85. The van der Waals surface area contributed by atoms with Gasteiger partial charge < -0.3 is 14.7 Å². The number of piperidine rings is 1. The summed E-state index contributed by atoms with van der Waals surface area (Å²) in [4.78, 5) is 18.9. The second-order valence-electron chi connectivity index (χ2n) is 11.6. The van der Waals surface area contributed by atoms with Gasteiger partial charge in [-0.05, 0) is 85.5 Å². The quantitative estimate of drug-likeness (QED) is 0.287. The Kier molecular flexibility index (Phi) is 7.99. The van der Waals surface area contributed by atoms with Crippen LogP contribution in [0.25, 0.3) is 11.0 Å². The number of fused-ring (bicyclic) bond motifs is 4. The lowest BCUT2D eigenvalue weighted by molar-refractivity contribution is -0.137. The fourth-order valence-corrected chi connectivity index (χ4v) is 8.61. The number of hydrogen-bond acceptors (Lipinski definition) is 8. The Morgan fingerprint density at radius 2 is 1.98 bits per heavy atom. The van der Waals surface area contributed by atoms with E-state index in [0.717, 1.165) is 36.9 Å². The van der Waals surface area contributed by atoms with E-state index in [4.69, 9.17) is 4.74 Å². The van der Waals surface area contributed by atoms with E-state index >= 15 is 0 Å². The van der Waals surface area contributed by atoms with Gasteiger partial charge in [0, 0.05) is 31.7 Å².